The first-order valence-corrected chi connectivity index (χ1v) is 7.22. The van der Waals surface area contributed by atoms with E-state index < -0.39 is 11.2 Å². The molecule has 0 aliphatic carbocycles. The molecule has 0 fully saturated rings. The largest absolute Gasteiger partial charge is 0.436 e. The number of para-hydroxylation sites is 1. The van der Waals surface area contributed by atoms with Crippen LogP contribution < -0.4 is 10.1 Å². The van der Waals surface area contributed by atoms with E-state index in [1.807, 2.05) is 0 Å². The van der Waals surface area contributed by atoms with E-state index in [9.17, 15) is 9.18 Å². The zero-order valence-corrected chi connectivity index (χ0v) is 13.0. The first-order chi connectivity index (χ1) is 10.4. The molecule has 1 aromatic carbocycles. The zero-order chi connectivity index (χ0) is 16.2. The van der Waals surface area contributed by atoms with E-state index in [4.69, 9.17) is 16.3 Å². The molecule has 1 N–H and O–H groups in total. The van der Waals surface area contributed by atoms with Gasteiger partial charge in [-0.25, -0.2) is 9.37 Å². The van der Waals surface area contributed by atoms with Gasteiger partial charge in [-0.2, -0.15) is 0 Å². The Hall–Kier alpha value is -2.14. The summed E-state index contributed by atoms with van der Waals surface area (Å²) < 4.78 is 18.8. The van der Waals surface area contributed by atoms with Crippen LogP contribution in [0.25, 0.3) is 0 Å². The smallest absolute Gasteiger partial charge is 0.231 e. The lowest BCUT2D eigenvalue weighted by Crippen LogP contribution is -2.32. The van der Waals surface area contributed by atoms with E-state index in [0.717, 1.165) is 0 Å². The number of pyridine rings is 1. The monoisotopic (exact) mass is 322 g/mol. The fraction of sp³-hybridized carbons (Fsp3) is 0.250. The number of nitrogens with one attached hydrogen (secondary N) is 1. The molecule has 22 heavy (non-hydrogen) atoms. The summed E-state index contributed by atoms with van der Waals surface area (Å²) in [5.41, 5.74) is -0.159. The highest BCUT2D eigenvalue weighted by Gasteiger charge is 2.26. The van der Waals surface area contributed by atoms with Gasteiger partial charge in [0.2, 0.25) is 11.8 Å². The van der Waals surface area contributed by atoms with Crippen LogP contribution in [0.1, 0.15) is 13.8 Å². The van der Waals surface area contributed by atoms with E-state index in [2.05, 4.69) is 10.3 Å². The van der Waals surface area contributed by atoms with E-state index in [1.54, 1.807) is 38.1 Å². The molecule has 0 spiro atoms. The molecule has 0 bridgehead atoms. The standard InChI is InChI=1S/C16H16ClFN2O2/c1-16(2,10-17)15(21)20-11-7-8-14(19-9-11)22-13-6-4-3-5-12(13)18/h3-9H,10H2,1-2H3,(H,20,21). The molecule has 0 unspecified atom stereocenters. The van der Waals surface area contributed by atoms with Gasteiger partial charge in [-0.15, -0.1) is 11.6 Å². The molecular weight excluding hydrogens is 307 g/mol. The number of anilines is 1. The molecule has 6 heteroatoms. The maximum absolute atomic E-state index is 13.5. The van der Waals surface area contributed by atoms with Crippen LogP contribution in [0.2, 0.25) is 0 Å². The summed E-state index contributed by atoms with van der Waals surface area (Å²) in [7, 11) is 0. The molecule has 0 atom stereocenters. The fourth-order valence-corrected chi connectivity index (χ4v) is 1.64. The van der Waals surface area contributed by atoms with E-state index >= 15 is 0 Å². The Morgan fingerprint density at radius 2 is 2.05 bits per heavy atom. The first kappa shape index (κ1) is 16.2. The Morgan fingerprint density at radius 1 is 1.32 bits per heavy atom. The predicted octanol–water partition coefficient (Wildman–Crippen LogP) is 4.22. The van der Waals surface area contributed by atoms with Crippen LogP contribution in [0, 0.1) is 11.2 Å². The van der Waals surface area contributed by atoms with Crippen LogP contribution in [0.4, 0.5) is 10.1 Å². The molecule has 0 radical (unpaired) electrons. The van der Waals surface area contributed by atoms with Crippen LogP contribution in [-0.2, 0) is 4.79 Å². The number of benzene rings is 1. The summed E-state index contributed by atoms with van der Waals surface area (Å²) >= 11 is 5.75. The zero-order valence-electron chi connectivity index (χ0n) is 12.3. The third-order valence-corrected chi connectivity index (χ3v) is 3.66. The number of carbonyl (C=O) groups excluding carboxylic acids is 1. The molecule has 1 amide bonds. The summed E-state index contributed by atoms with van der Waals surface area (Å²) in [6.07, 6.45) is 1.44. The van der Waals surface area contributed by atoms with Crippen LogP contribution in [0.5, 0.6) is 11.6 Å². The second-order valence-electron chi connectivity index (χ2n) is 5.39. The van der Waals surface area contributed by atoms with Crippen molar-refractivity contribution in [3.05, 3.63) is 48.4 Å². The van der Waals surface area contributed by atoms with Gasteiger partial charge >= 0.3 is 0 Å². The Labute approximate surface area is 133 Å². The highest BCUT2D eigenvalue weighted by atomic mass is 35.5. The number of hydrogen-bond donors (Lipinski definition) is 1. The van der Waals surface area contributed by atoms with Gasteiger partial charge in [-0.3, -0.25) is 4.79 Å². The number of hydrogen-bond acceptors (Lipinski definition) is 3. The van der Waals surface area contributed by atoms with Gasteiger partial charge in [0.05, 0.1) is 17.3 Å². The average Bonchev–Trinajstić information content (AvgIpc) is 2.51. The maximum atomic E-state index is 13.5. The Kier molecular flexibility index (Phi) is 4.98. The van der Waals surface area contributed by atoms with Gasteiger partial charge < -0.3 is 10.1 Å². The predicted molar refractivity (Wildman–Crippen MR) is 83.8 cm³/mol. The molecule has 1 heterocycles. The molecule has 4 nitrogen and oxygen atoms in total. The molecule has 116 valence electrons. The van der Waals surface area contributed by atoms with Crippen molar-refractivity contribution >= 4 is 23.2 Å². The Morgan fingerprint density at radius 3 is 2.64 bits per heavy atom. The molecule has 0 saturated carbocycles. The second-order valence-corrected chi connectivity index (χ2v) is 5.66. The van der Waals surface area contributed by atoms with Crippen molar-refractivity contribution in [2.45, 2.75) is 13.8 Å². The lowest BCUT2D eigenvalue weighted by Gasteiger charge is -2.20. The summed E-state index contributed by atoms with van der Waals surface area (Å²) in [5.74, 6) is -0.131. The minimum absolute atomic E-state index is 0.0926. The minimum atomic E-state index is -0.677. The van der Waals surface area contributed by atoms with Crippen LogP contribution >= 0.6 is 11.6 Å². The van der Waals surface area contributed by atoms with Crippen LogP contribution in [-0.4, -0.2) is 16.8 Å². The second kappa shape index (κ2) is 6.75. The third-order valence-electron chi connectivity index (χ3n) is 2.99. The lowest BCUT2D eigenvalue weighted by molar-refractivity contribution is -0.122. The lowest BCUT2D eigenvalue weighted by atomic mass is 9.95. The van der Waals surface area contributed by atoms with Crippen molar-refractivity contribution in [3.8, 4) is 11.6 Å². The Bertz CT molecular complexity index is 659. The summed E-state index contributed by atoms with van der Waals surface area (Å²) in [5, 5.41) is 2.72. The van der Waals surface area contributed by atoms with E-state index in [0.29, 0.717) is 5.69 Å². The van der Waals surface area contributed by atoms with Crippen molar-refractivity contribution in [1.29, 1.82) is 0 Å². The summed E-state index contributed by atoms with van der Waals surface area (Å²) in [4.78, 5) is 16.0. The number of amides is 1. The number of aromatic nitrogens is 1. The van der Waals surface area contributed by atoms with Gasteiger partial charge in [0.1, 0.15) is 0 Å². The number of alkyl halides is 1. The van der Waals surface area contributed by atoms with Crippen molar-refractivity contribution in [3.63, 3.8) is 0 Å². The maximum Gasteiger partial charge on any atom is 0.231 e. The highest BCUT2D eigenvalue weighted by molar-refractivity contribution is 6.20. The molecule has 1 aromatic heterocycles. The molecule has 0 aliphatic heterocycles. The molecule has 2 rings (SSSR count). The number of carbonyl (C=O) groups is 1. The fourth-order valence-electron chi connectivity index (χ4n) is 1.52. The van der Waals surface area contributed by atoms with Crippen LogP contribution in [0.15, 0.2) is 42.6 Å². The van der Waals surface area contributed by atoms with Crippen molar-refractivity contribution in [2.24, 2.45) is 5.41 Å². The van der Waals surface area contributed by atoms with Crippen molar-refractivity contribution in [2.75, 3.05) is 11.2 Å². The molecule has 2 aromatic rings. The third kappa shape index (κ3) is 3.95. The van der Waals surface area contributed by atoms with Crippen molar-refractivity contribution in [1.82, 2.24) is 4.98 Å². The average molecular weight is 323 g/mol. The molecular formula is C16H16ClFN2O2. The molecule has 0 aliphatic rings. The van der Waals surface area contributed by atoms with E-state index in [-0.39, 0.29) is 23.4 Å². The topological polar surface area (TPSA) is 51.2 Å². The summed E-state index contributed by atoms with van der Waals surface area (Å²) in [6, 6.07) is 9.24. The number of rotatable bonds is 5. The number of nitrogens with zero attached hydrogens (tertiary/aromatic N) is 1. The van der Waals surface area contributed by atoms with E-state index in [1.165, 1.54) is 18.3 Å². The first-order valence-electron chi connectivity index (χ1n) is 6.68. The number of ether oxygens (including phenoxy) is 1. The summed E-state index contributed by atoms with van der Waals surface area (Å²) in [6.45, 7) is 3.50. The van der Waals surface area contributed by atoms with Crippen LogP contribution in [0.3, 0.4) is 0 Å². The quantitative estimate of drug-likeness (QED) is 0.839. The Balaban J connectivity index is 2.05. The SMILES string of the molecule is CC(C)(CCl)C(=O)Nc1ccc(Oc2ccccc2F)nc1. The highest BCUT2D eigenvalue weighted by Crippen LogP contribution is 2.24. The van der Waals surface area contributed by atoms with Crippen molar-refractivity contribution < 1.29 is 13.9 Å². The van der Waals surface area contributed by atoms with Gasteiger partial charge in [0.25, 0.3) is 0 Å². The van der Waals surface area contributed by atoms with Gasteiger partial charge in [0, 0.05) is 11.9 Å². The normalized spacial score (nSPS) is 11.1. The van der Waals surface area contributed by atoms with Gasteiger partial charge in [0.15, 0.2) is 11.6 Å². The minimum Gasteiger partial charge on any atom is -0.436 e. The van der Waals surface area contributed by atoms with Gasteiger partial charge in [-0.1, -0.05) is 12.1 Å². The van der Waals surface area contributed by atoms with Gasteiger partial charge in [-0.05, 0) is 32.0 Å². The number of halogens is 2. The molecule has 0 saturated heterocycles.